The number of benzene rings is 1. The maximum absolute atomic E-state index is 12.1. The largest absolute Gasteiger partial charge is 0.365 e. The van der Waals surface area contributed by atoms with Crippen LogP contribution >= 0.6 is 11.3 Å². The highest BCUT2D eigenvalue weighted by Crippen LogP contribution is 2.15. The van der Waals surface area contributed by atoms with Gasteiger partial charge in [-0.1, -0.05) is 19.1 Å². The van der Waals surface area contributed by atoms with E-state index >= 15 is 0 Å². The molecule has 0 radical (unpaired) electrons. The summed E-state index contributed by atoms with van der Waals surface area (Å²) in [7, 11) is -1.71. The topological polar surface area (TPSA) is 71.1 Å². The van der Waals surface area contributed by atoms with Crippen LogP contribution in [0.15, 0.2) is 34.5 Å². The molecule has 108 valence electrons. The Labute approximate surface area is 123 Å². The Balaban J connectivity index is 2.06. The first kappa shape index (κ1) is 15.0. The lowest BCUT2D eigenvalue weighted by Gasteiger charge is -2.06. The van der Waals surface area contributed by atoms with Crippen molar-refractivity contribution < 1.29 is 8.42 Å². The summed E-state index contributed by atoms with van der Waals surface area (Å²) in [6.45, 7) is 2.22. The van der Waals surface area contributed by atoms with Crippen LogP contribution in [0.4, 0.5) is 5.13 Å². The zero-order valence-electron chi connectivity index (χ0n) is 11.4. The molecule has 0 fully saturated rings. The van der Waals surface area contributed by atoms with E-state index in [1.807, 2.05) is 24.4 Å². The fraction of sp³-hybridized carbons (Fsp3) is 0.308. The van der Waals surface area contributed by atoms with Crippen molar-refractivity contribution in [3.8, 4) is 0 Å². The van der Waals surface area contributed by atoms with Crippen molar-refractivity contribution in [3.63, 3.8) is 0 Å². The minimum Gasteiger partial charge on any atom is -0.365 e. The van der Waals surface area contributed by atoms with Crippen molar-refractivity contribution in [1.29, 1.82) is 0 Å². The Hall–Kier alpha value is -1.44. The highest BCUT2D eigenvalue weighted by molar-refractivity contribution is 7.89. The molecule has 0 bridgehead atoms. The number of aromatic nitrogens is 1. The van der Waals surface area contributed by atoms with Gasteiger partial charge in [0.15, 0.2) is 5.13 Å². The van der Waals surface area contributed by atoms with E-state index in [-0.39, 0.29) is 11.4 Å². The average Bonchev–Trinajstić information content (AvgIpc) is 2.93. The molecule has 20 heavy (non-hydrogen) atoms. The van der Waals surface area contributed by atoms with E-state index in [1.165, 1.54) is 11.3 Å². The summed E-state index contributed by atoms with van der Waals surface area (Å²) >= 11 is 1.44. The van der Waals surface area contributed by atoms with Gasteiger partial charge in [-0.25, -0.2) is 18.1 Å². The SMILES string of the molecule is CCc1ccc(S(=O)(=O)NCc2csc(NC)n2)cc1. The van der Waals surface area contributed by atoms with Crippen LogP contribution in [0.5, 0.6) is 0 Å². The van der Waals surface area contributed by atoms with E-state index in [1.54, 1.807) is 19.2 Å². The number of anilines is 1. The molecule has 0 aliphatic heterocycles. The molecule has 1 aromatic carbocycles. The van der Waals surface area contributed by atoms with Crippen LogP contribution in [-0.2, 0) is 23.0 Å². The predicted octanol–water partition coefficient (Wildman–Crippen LogP) is 2.23. The van der Waals surface area contributed by atoms with Crippen molar-refractivity contribution in [2.24, 2.45) is 0 Å². The lowest BCUT2D eigenvalue weighted by molar-refractivity contribution is 0.580. The Kier molecular flexibility index (Phi) is 4.74. The van der Waals surface area contributed by atoms with Gasteiger partial charge >= 0.3 is 0 Å². The summed E-state index contributed by atoms with van der Waals surface area (Å²) in [5, 5.41) is 5.52. The molecule has 5 nitrogen and oxygen atoms in total. The summed E-state index contributed by atoms with van der Waals surface area (Å²) in [5.74, 6) is 0. The van der Waals surface area contributed by atoms with Crippen molar-refractivity contribution in [1.82, 2.24) is 9.71 Å². The van der Waals surface area contributed by atoms with Crippen LogP contribution in [0.3, 0.4) is 0 Å². The van der Waals surface area contributed by atoms with E-state index in [0.29, 0.717) is 5.69 Å². The van der Waals surface area contributed by atoms with Crippen LogP contribution in [0.25, 0.3) is 0 Å². The standard InChI is InChI=1S/C13H17N3O2S2/c1-3-10-4-6-12(7-5-10)20(17,18)15-8-11-9-19-13(14-2)16-11/h4-7,9,15H,3,8H2,1-2H3,(H,14,16). The van der Waals surface area contributed by atoms with Crippen molar-refractivity contribution >= 4 is 26.5 Å². The summed E-state index contributed by atoms with van der Waals surface area (Å²) < 4.78 is 26.8. The molecule has 0 aliphatic rings. The quantitative estimate of drug-likeness (QED) is 0.858. The van der Waals surface area contributed by atoms with Gasteiger partial charge in [0, 0.05) is 12.4 Å². The molecule has 7 heteroatoms. The molecule has 0 atom stereocenters. The highest BCUT2D eigenvalue weighted by atomic mass is 32.2. The molecule has 0 saturated heterocycles. The van der Waals surface area contributed by atoms with Crippen molar-refractivity contribution in [2.75, 3.05) is 12.4 Å². The number of hydrogen-bond acceptors (Lipinski definition) is 5. The minimum atomic E-state index is -3.49. The first-order valence-corrected chi connectivity index (χ1v) is 8.62. The first-order chi connectivity index (χ1) is 9.55. The van der Waals surface area contributed by atoms with Crippen molar-refractivity contribution in [3.05, 3.63) is 40.9 Å². The molecular formula is C13H17N3O2S2. The van der Waals surface area contributed by atoms with Gasteiger partial charge in [-0.05, 0) is 24.1 Å². The zero-order chi connectivity index (χ0) is 14.6. The molecule has 2 rings (SSSR count). The fourth-order valence-corrected chi connectivity index (χ4v) is 3.33. The van der Waals surface area contributed by atoms with Gasteiger partial charge in [0.1, 0.15) is 0 Å². The first-order valence-electron chi connectivity index (χ1n) is 6.26. The monoisotopic (exact) mass is 311 g/mol. The van der Waals surface area contributed by atoms with Gasteiger partial charge in [-0.15, -0.1) is 11.3 Å². The van der Waals surface area contributed by atoms with Crippen LogP contribution in [0, 0.1) is 0 Å². The number of hydrogen-bond donors (Lipinski definition) is 2. The normalized spacial score (nSPS) is 11.5. The second-order valence-electron chi connectivity index (χ2n) is 4.22. The number of sulfonamides is 1. The molecule has 1 aromatic heterocycles. The van der Waals surface area contributed by atoms with Gasteiger partial charge in [0.2, 0.25) is 10.0 Å². The molecule has 0 unspecified atom stereocenters. The zero-order valence-corrected chi connectivity index (χ0v) is 13.0. The van der Waals surface area contributed by atoms with E-state index in [9.17, 15) is 8.42 Å². The molecule has 0 saturated carbocycles. The second-order valence-corrected chi connectivity index (χ2v) is 6.84. The third-order valence-corrected chi connectivity index (χ3v) is 5.18. The molecule has 0 spiro atoms. The van der Waals surface area contributed by atoms with Gasteiger partial charge in [0.25, 0.3) is 0 Å². The molecule has 0 amide bonds. The molecule has 0 aliphatic carbocycles. The second kappa shape index (κ2) is 6.34. The number of aryl methyl sites for hydroxylation is 1. The average molecular weight is 311 g/mol. The van der Waals surface area contributed by atoms with E-state index in [0.717, 1.165) is 17.1 Å². The van der Waals surface area contributed by atoms with E-state index in [2.05, 4.69) is 15.0 Å². The number of nitrogens with zero attached hydrogens (tertiary/aromatic N) is 1. The van der Waals surface area contributed by atoms with Crippen LogP contribution in [0.2, 0.25) is 0 Å². The van der Waals surface area contributed by atoms with Crippen LogP contribution in [0.1, 0.15) is 18.2 Å². The third-order valence-electron chi connectivity index (χ3n) is 2.85. The third kappa shape index (κ3) is 3.56. The lowest BCUT2D eigenvalue weighted by Crippen LogP contribution is -2.23. The van der Waals surface area contributed by atoms with Gasteiger partial charge in [-0.3, -0.25) is 0 Å². The van der Waals surface area contributed by atoms with Crippen LogP contribution < -0.4 is 10.0 Å². The Morgan fingerprint density at radius 1 is 1.25 bits per heavy atom. The molecule has 1 heterocycles. The van der Waals surface area contributed by atoms with Crippen molar-refractivity contribution in [2.45, 2.75) is 24.8 Å². The van der Waals surface area contributed by atoms with E-state index < -0.39 is 10.0 Å². The minimum absolute atomic E-state index is 0.191. The smallest absolute Gasteiger partial charge is 0.240 e. The highest BCUT2D eigenvalue weighted by Gasteiger charge is 2.14. The summed E-state index contributed by atoms with van der Waals surface area (Å²) in [4.78, 5) is 4.51. The molecule has 2 N–H and O–H groups in total. The Morgan fingerprint density at radius 3 is 2.50 bits per heavy atom. The van der Waals surface area contributed by atoms with Crippen LogP contribution in [-0.4, -0.2) is 20.4 Å². The number of thiazole rings is 1. The van der Waals surface area contributed by atoms with Gasteiger partial charge in [0.05, 0.1) is 17.1 Å². The number of nitrogens with one attached hydrogen (secondary N) is 2. The Bertz CT molecular complexity index is 663. The Morgan fingerprint density at radius 2 is 1.95 bits per heavy atom. The predicted molar refractivity (Wildman–Crippen MR) is 81.5 cm³/mol. The summed E-state index contributed by atoms with van der Waals surface area (Å²) in [6.07, 6.45) is 0.888. The molecule has 2 aromatic rings. The van der Waals surface area contributed by atoms with Gasteiger partial charge < -0.3 is 5.32 Å². The molecular weight excluding hydrogens is 294 g/mol. The maximum atomic E-state index is 12.1. The summed E-state index contributed by atoms with van der Waals surface area (Å²) in [6, 6.07) is 6.91. The summed E-state index contributed by atoms with van der Waals surface area (Å²) in [5.41, 5.74) is 1.82. The fourth-order valence-electron chi connectivity index (χ4n) is 1.66. The maximum Gasteiger partial charge on any atom is 0.240 e. The number of rotatable bonds is 6. The van der Waals surface area contributed by atoms with E-state index in [4.69, 9.17) is 0 Å². The van der Waals surface area contributed by atoms with Gasteiger partial charge in [-0.2, -0.15) is 0 Å². The lowest BCUT2D eigenvalue weighted by atomic mass is 10.2.